The Morgan fingerprint density at radius 3 is 2.30 bits per heavy atom. The molecule has 0 bridgehead atoms. The van der Waals surface area contributed by atoms with Crippen molar-refractivity contribution < 1.29 is 22.0 Å². The van der Waals surface area contributed by atoms with E-state index in [4.69, 9.17) is 0 Å². The predicted molar refractivity (Wildman–Crippen MR) is 98.8 cm³/mol. The Morgan fingerprint density at radius 2 is 1.67 bits per heavy atom. The quantitative estimate of drug-likeness (QED) is 0.844. The minimum atomic E-state index is -3.38. The number of halogens is 2. The van der Waals surface area contributed by atoms with E-state index >= 15 is 0 Å². The van der Waals surface area contributed by atoms with Gasteiger partial charge >= 0.3 is 0 Å². The highest BCUT2D eigenvalue weighted by molar-refractivity contribution is 7.88. The maximum absolute atomic E-state index is 13.6. The van der Waals surface area contributed by atoms with Crippen LogP contribution in [0.15, 0.2) is 42.5 Å². The van der Waals surface area contributed by atoms with Crippen LogP contribution in [0.4, 0.5) is 14.5 Å². The largest absolute Gasteiger partial charge is 0.319 e. The van der Waals surface area contributed by atoms with Crippen LogP contribution >= 0.6 is 0 Å². The molecule has 0 spiro atoms. The van der Waals surface area contributed by atoms with Crippen molar-refractivity contribution in [1.29, 1.82) is 0 Å². The van der Waals surface area contributed by atoms with E-state index in [0.29, 0.717) is 24.7 Å². The summed E-state index contributed by atoms with van der Waals surface area (Å²) in [7, 11) is -3.38. The third-order valence-corrected chi connectivity index (χ3v) is 6.30. The van der Waals surface area contributed by atoms with Gasteiger partial charge in [-0.15, -0.1) is 0 Å². The molecule has 144 valence electrons. The van der Waals surface area contributed by atoms with Gasteiger partial charge in [0.2, 0.25) is 10.0 Å². The van der Waals surface area contributed by atoms with E-state index in [0.717, 1.165) is 31.4 Å². The second kappa shape index (κ2) is 8.14. The van der Waals surface area contributed by atoms with Gasteiger partial charge in [0.15, 0.2) is 0 Å². The van der Waals surface area contributed by atoms with Gasteiger partial charge < -0.3 is 5.32 Å². The SMILES string of the molecule is O=C(Nc1ccc(F)cc1F)c1ccc(CS(=O)(=O)N2CCCCC2)cc1. The molecule has 1 heterocycles. The van der Waals surface area contributed by atoms with E-state index in [-0.39, 0.29) is 17.0 Å². The molecule has 1 aliphatic heterocycles. The van der Waals surface area contributed by atoms with Crippen LogP contribution in [0.25, 0.3) is 0 Å². The number of amides is 1. The van der Waals surface area contributed by atoms with Crippen LogP contribution < -0.4 is 5.32 Å². The van der Waals surface area contributed by atoms with Crippen LogP contribution in [0.3, 0.4) is 0 Å². The van der Waals surface area contributed by atoms with Crippen LogP contribution in [-0.2, 0) is 15.8 Å². The number of anilines is 1. The number of hydrogen-bond donors (Lipinski definition) is 1. The molecule has 0 aromatic heterocycles. The highest BCUT2D eigenvalue weighted by atomic mass is 32.2. The lowest BCUT2D eigenvalue weighted by Crippen LogP contribution is -2.36. The van der Waals surface area contributed by atoms with Gasteiger partial charge in [-0.3, -0.25) is 4.79 Å². The zero-order valence-corrected chi connectivity index (χ0v) is 15.4. The fourth-order valence-corrected chi connectivity index (χ4v) is 4.59. The maximum Gasteiger partial charge on any atom is 0.255 e. The number of benzene rings is 2. The van der Waals surface area contributed by atoms with Gasteiger partial charge in [-0.05, 0) is 42.7 Å². The zero-order chi connectivity index (χ0) is 19.4. The molecular formula is C19H20F2N2O3S. The molecule has 1 aliphatic rings. The Labute approximate surface area is 157 Å². The van der Waals surface area contributed by atoms with Crippen LogP contribution in [0.5, 0.6) is 0 Å². The summed E-state index contributed by atoms with van der Waals surface area (Å²) in [6.07, 6.45) is 2.79. The second-order valence-corrected chi connectivity index (χ2v) is 8.46. The summed E-state index contributed by atoms with van der Waals surface area (Å²) in [5, 5.41) is 2.37. The third kappa shape index (κ3) is 4.90. The first-order valence-corrected chi connectivity index (χ1v) is 10.3. The molecule has 1 amide bonds. The van der Waals surface area contributed by atoms with Crippen LogP contribution in [0, 0.1) is 11.6 Å². The molecule has 3 rings (SSSR count). The fraction of sp³-hybridized carbons (Fsp3) is 0.316. The highest BCUT2D eigenvalue weighted by Crippen LogP contribution is 2.19. The van der Waals surface area contributed by atoms with Crippen molar-refractivity contribution in [1.82, 2.24) is 4.31 Å². The fourth-order valence-electron chi connectivity index (χ4n) is 2.98. The summed E-state index contributed by atoms with van der Waals surface area (Å²) < 4.78 is 53.0. The van der Waals surface area contributed by atoms with Crippen molar-refractivity contribution in [3.63, 3.8) is 0 Å². The normalized spacial score (nSPS) is 15.5. The van der Waals surface area contributed by atoms with Gasteiger partial charge in [0, 0.05) is 24.7 Å². The molecule has 5 nitrogen and oxygen atoms in total. The number of piperidine rings is 1. The Balaban J connectivity index is 1.66. The van der Waals surface area contributed by atoms with Crippen molar-refractivity contribution in [2.75, 3.05) is 18.4 Å². The van der Waals surface area contributed by atoms with Crippen molar-refractivity contribution in [3.8, 4) is 0 Å². The highest BCUT2D eigenvalue weighted by Gasteiger charge is 2.24. The van der Waals surface area contributed by atoms with Crippen molar-refractivity contribution in [3.05, 3.63) is 65.2 Å². The molecule has 27 heavy (non-hydrogen) atoms. The number of carbonyl (C=O) groups is 1. The average Bonchev–Trinajstić information content (AvgIpc) is 2.65. The summed E-state index contributed by atoms with van der Waals surface area (Å²) in [6, 6.07) is 8.98. The zero-order valence-electron chi connectivity index (χ0n) is 14.6. The van der Waals surface area contributed by atoms with Crippen LogP contribution in [-0.4, -0.2) is 31.7 Å². The lowest BCUT2D eigenvalue weighted by Gasteiger charge is -2.25. The Morgan fingerprint density at radius 1 is 1.00 bits per heavy atom. The van der Waals surface area contributed by atoms with Gasteiger partial charge in [-0.1, -0.05) is 18.6 Å². The number of carbonyl (C=O) groups excluding carboxylic acids is 1. The molecule has 0 aliphatic carbocycles. The van der Waals surface area contributed by atoms with Gasteiger partial charge in [0.1, 0.15) is 11.6 Å². The molecule has 0 atom stereocenters. The minimum Gasteiger partial charge on any atom is -0.319 e. The van der Waals surface area contributed by atoms with E-state index in [2.05, 4.69) is 5.32 Å². The summed E-state index contributed by atoms with van der Waals surface area (Å²) in [4.78, 5) is 12.2. The first kappa shape index (κ1) is 19.4. The number of hydrogen-bond acceptors (Lipinski definition) is 3. The first-order chi connectivity index (χ1) is 12.8. The second-order valence-electron chi connectivity index (χ2n) is 6.49. The van der Waals surface area contributed by atoms with Gasteiger partial charge in [-0.25, -0.2) is 21.5 Å². The van der Waals surface area contributed by atoms with E-state index < -0.39 is 27.6 Å². The third-order valence-electron chi connectivity index (χ3n) is 4.45. The van der Waals surface area contributed by atoms with E-state index in [9.17, 15) is 22.0 Å². The molecular weight excluding hydrogens is 374 g/mol. The predicted octanol–water partition coefficient (Wildman–Crippen LogP) is 3.53. The lowest BCUT2D eigenvalue weighted by atomic mass is 10.1. The first-order valence-electron chi connectivity index (χ1n) is 8.68. The summed E-state index contributed by atoms with van der Waals surface area (Å²) in [5.74, 6) is -2.29. The topological polar surface area (TPSA) is 66.5 Å². The van der Waals surface area contributed by atoms with E-state index in [1.54, 1.807) is 12.1 Å². The molecule has 0 unspecified atom stereocenters. The monoisotopic (exact) mass is 394 g/mol. The van der Waals surface area contributed by atoms with Crippen LogP contribution in [0.2, 0.25) is 0 Å². The van der Waals surface area contributed by atoms with Crippen molar-refractivity contribution in [2.45, 2.75) is 25.0 Å². The van der Waals surface area contributed by atoms with E-state index in [1.807, 2.05) is 0 Å². The maximum atomic E-state index is 13.6. The molecule has 1 N–H and O–H groups in total. The summed E-state index contributed by atoms with van der Waals surface area (Å²) in [6.45, 7) is 1.10. The number of nitrogens with one attached hydrogen (secondary N) is 1. The molecule has 8 heteroatoms. The Hall–Kier alpha value is -2.32. The molecule has 0 saturated carbocycles. The van der Waals surface area contributed by atoms with Crippen molar-refractivity contribution >= 4 is 21.6 Å². The number of sulfonamides is 1. The molecule has 2 aromatic carbocycles. The van der Waals surface area contributed by atoms with E-state index in [1.165, 1.54) is 16.4 Å². The van der Waals surface area contributed by atoms with Crippen molar-refractivity contribution in [2.24, 2.45) is 0 Å². The molecule has 0 radical (unpaired) electrons. The molecule has 1 saturated heterocycles. The Bertz CT molecular complexity index is 924. The van der Waals surface area contributed by atoms with Gasteiger partial charge in [0.25, 0.3) is 5.91 Å². The summed E-state index contributed by atoms with van der Waals surface area (Å²) >= 11 is 0. The number of nitrogens with zero attached hydrogens (tertiary/aromatic N) is 1. The number of rotatable bonds is 5. The smallest absolute Gasteiger partial charge is 0.255 e. The van der Waals surface area contributed by atoms with Gasteiger partial charge in [-0.2, -0.15) is 0 Å². The van der Waals surface area contributed by atoms with Gasteiger partial charge in [0.05, 0.1) is 11.4 Å². The minimum absolute atomic E-state index is 0.124. The Kier molecular flexibility index (Phi) is 5.86. The standard InChI is InChI=1S/C19H20F2N2O3S/c20-16-8-9-18(17(21)12-16)22-19(24)15-6-4-14(5-7-15)13-27(25,26)23-10-2-1-3-11-23/h4-9,12H,1-3,10-11,13H2,(H,22,24). The summed E-state index contributed by atoms with van der Waals surface area (Å²) in [5.41, 5.74) is 0.695. The lowest BCUT2D eigenvalue weighted by molar-refractivity contribution is 0.102. The molecule has 2 aromatic rings. The molecule has 1 fully saturated rings. The van der Waals surface area contributed by atoms with Crippen LogP contribution in [0.1, 0.15) is 35.2 Å². The average molecular weight is 394 g/mol.